The van der Waals surface area contributed by atoms with Crippen LogP contribution in [0.5, 0.6) is 5.75 Å². The van der Waals surface area contributed by atoms with Crippen LogP contribution in [0.3, 0.4) is 0 Å². The highest BCUT2D eigenvalue weighted by atomic mass is 32.2. The SMILES string of the molecule is CCOc1ccccc1C1(N2CCN(c3ccncc3)CC2)C(=O)N(S(=O)(=O)c2ccccc2S(C)(=O)=O)c2ccc(C#N)cc21. The van der Waals surface area contributed by atoms with Gasteiger partial charge >= 0.3 is 0 Å². The van der Waals surface area contributed by atoms with Crippen LogP contribution in [0.25, 0.3) is 0 Å². The lowest BCUT2D eigenvalue weighted by molar-refractivity contribution is -0.127. The van der Waals surface area contributed by atoms with Crippen molar-refractivity contribution in [3.8, 4) is 11.8 Å². The standard InChI is InChI=1S/C33H31N5O6S2/c1-3-44-29-9-5-4-8-26(29)33(37-20-18-36(19-21-37)25-14-16-35-17-15-25)27-22-24(23-34)12-13-28(27)38(32(33)39)46(42,43)31-11-7-6-10-30(31)45(2,40)41/h4-17,22H,3,18-21H2,1-2H3. The molecule has 3 aromatic carbocycles. The summed E-state index contributed by atoms with van der Waals surface area (Å²) >= 11 is 0. The molecule has 0 N–H and O–H groups in total. The molecular formula is C33H31N5O6S2. The van der Waals surface area contributed by atoms with Crippen molar-refractivity contribution in [2.45, 2.75) is 22.3 Å². The van der Waals surface area contributed by atoms with Gasteiger partial charge < -0.3 is 9.64 Å². The van der Waals surface area contributed by atoms with Gasteiger partial charge in [0.25, 0.3) is 15.9 Å². The van der Waals surface area contributed by atoms with Crippen LogP contribution in [0.1, 0.15) is 23.6 Å². The third kappa shape index (κ3) is 4.99. The Hall–Kier alpha value is -4.77. The van der Waals surface area contributed by atoms with Crippen molar-refractivity contribution in [1.82, 2.24) is 9.88 Å². The fourth-order valence-corrected chi connectivity index (χ4v) is 9.46. The fraction of sp³-hybridized carbons (Fsp3) is 0.242. The van der Waals surface area contributed by atoms with E-state index >= 15 is 4.79 Å². The van der Waals surface area contributed by atoms with Crippen LogP contribution in [-0.2, 0) is 30.2 Å². The number of hydrogen-bond donors (Lipinski definition) is 0. The summed E-state index contributed by atoms with van der Waals surface area (Å²) in [6.07, 6.45) is 4.34. The molecule has 1 amide bonds. The Kier molecular flexibility index (Phi) is 8.05. The largest absolute Gasteiger partial charge is 0.493 e. The Morgan fingerprint density at radius 3 is 2.17 bits per heavy atom. The minimum Gasteiger partial charge on any atom is -0.493 e. The molecule has 1 saturated heterocycles. The summed E-state index contributed by atoms with van der Waals surface area (Å²) in [4.78, 5) is 22.5. The van der Waals surface area contributed by atoms with Gasteiger partial charge in [-0.1, -0.05) is 30.3 Å². The number of para-hydroxylation sites is 1. The van der Waals surface area contributed by atoms with E-state index < -0.39 is 41.1 Å². The Morgan fingerprint density at radius 2 is 1.52 bits per heavy atom. The summed E-state index contributed by atoms with van der Waals surface area (Å²) < 4.78 is 61.4. The number of ether oxygens (including phenoxy) is 1. The van der Waals surface area contributed by atoms with Gasteiger partial charge in [0.05, 0.1) is 28.8 Å². The van der Waals surface area contributed by atoms with E-state index in [0.29, 0.717) is 47.4 Å². The van der Waals surface area contributed by atoms with Crippen molar-refractivity contribution in [3.63, 3.8) is 0 Å². The second kappa shape index (κ2) is 11.9. The molecule has 1 unspecified atom stereocenters. The first-order chi connectivity index (χ1) is 22.0. The van der Waals surface area contributed by atoms with Crippen molar-refractivity contribution in [1.29, 1.82) is 5.26 Å². The average molecular weight is 658 g/mol. The molecule has 0 radical (unpaired) electrons. The summed E-state index contributed by atoms with van der Waals surface area (Å²) in [5.41, 5.74) is 0.216. The normalized spacial score (nSPS) is 18.7. The van der Waals surface area contributed by atoms with Crippen molar-refractivity contribution in [2.24, 2.45) is 0 Å². The first-order valence-electron chi connectivity index (χ1n) is 14.6. The van der Waals surface area contributed by atoms with E-state index in [-0.39, 0.29) is 17.9 Å². The molecule has 3 heterocycles. The average Bonchev–Trinajstić information content (AvgIpc) is 3.33. The number of fused-ring (bicyclic) bond motifs is 1. The number of nitriles is 1. The molecule has 236 valence electrons. The predicted octanol–water partition coefficient (Wildman–Crippen LogP) is 3.56. The van der Waals surface area contributed by atoms with E-state index in [9.17, 15) is 22.1 Å². The molecule has 2 aliphatic heterocycles. The molecule has 2 aliphatic rings. The molecule has 46 heavy (non-hydrogen) atoms. The van der Waals surface area contributed by atoms with Crippen LogP contribution in [0.2, 0.25) is 0 Å². The number of sulfonamides is 1. The third-order valence-electron chi connectivity index (χ3n) is 8.35. The number of hydrogen-bond acceptors (Lipinski definition) is 10. The highest BCUT2D eigenvalue weighted by Crippen LogP contribution is 2.53. The second-order valence-electron chi connectivity index (χ2n) is 11.0. The zero-order chi connectivity index (χ0) is 32.7. The Morgan fingerprint density at radius 1 is 0.870 bits per heavy atom. The van der Waals surface area contributed by atoms with Crippen molar-refractivity contribution >= 4 is 37.1 Å². The number of amides is 1. The minimum atomic E-state index is -4.79. The van der Waals surface area contributed by atoms with Crippen LogP contribution in [-0.4, -0.2) is 71.7 Å². The van der Waals surface area contributed by atoms with Gasteiger partial charge in [-0.15, -0.1) is 0 Å². The number of carbonyl (C=O) groups is 1. The van der Waals surface area contributed by atoms with Crippen molar-refractivity contribution < 1.29 is 26.4 Å². The summed E-state index contributed by atoms with van der Waals surface area (Å²) in [5.74, 6) is -0.426. The van der Waals surface area contributed by atoms with Gasteiger partial charge in [0.1, 0.15) is 10.6 Å². The molecule has 0 bridgehead atoms. The maximum absolute atomic E-state index is 15.3. The Labute approximate surface area is 268 Å². The van der Waals surface area contributed by atoms with Gasteiger partial charge in [-0.05, 0) is 55.5 Å². The lowest BCUT2D eigenvalue weighted by atomic mass is 9.80. The number of aromatic nitrogens is 1. The Bertz CT molecular complexity index is 2070. The number of rotatable bonds is 8. The number of pyridine rings is 1. The maximum Gasteiger partial charge on any atom is 0.272 e. The van der Waals surface area contributed by atoms with Crippen molar-refractivity contribution in [2.75, 3.05) is 48.2 Å². The molecule has 11 nitrogen and oxygen atoms in total. The number of carbonyl (C=O) groups excluding carboxylic acids is 1. The number of piperazine rings is 1. The lowest BCUT2D eigenvalue weighted by Gasteiger charge is -2.46. The predicted molar refractivity (Wildman–Crippen MR) is 172 cm³/mol. The van der Waals surface area contributed by atoms with Crippen molar-refractivity contribution in [3.05, 3.63) is 108 Å². The van der Waals surface area contributed by atoms with Crippen LogP contribution in [0.4, 0.5) is 11.4 Å². The van der Waals surface area contributed by atoms with E-state index in [1.165, 1.54) is 36.4 Å². The van der Waals surface area contributed by atoms with E-state index in [4.69, 9.17) is 4.74 Å². The molecule has 0 spiro atoms. The second-order valence-corrected chi connectivity index (χ2v) is 14.7. The molecule has 4 aromatic rings. The van der Waals surface area contributed by atoms with Crippen LogP contribution in [0.15, 0.2) is 101 Å². The third-order valence-corrected chi connectivity index (χ3v) is 11.4. The molecule has 0 aliphatic carbocycles. The highest BCUT2D eigenvalue weighted by molar-refractivity contribution is 7.95. The van der Waals surface area contributed by atoms with Gasteiger partial charge in [-0.3, -0.25) is 14.7 Å². The number of anilines is 2. The van der Waals surface area contributed by atoms with Crippen LogP contribution in [0, 0.1) is 11.3 Å². The minimum absolute atomic E-state index is 0.0372. The van der Waals surface area contributed by atoms with Gasteiger partial charge in [0, 0.05) is 61.6 Å². The van der Waals surface area contributed by atoms with E-state index in [2.05, 4.69) is 16.0 Å². The Balaban J connectivity index is 1.60. The first-order valence-corrected chi connectivity index (χ1v) is 17.9. The highest BCUT2D eigenvalue weighted by Gasteiger charge is 2.61. The van der Waals surface area contributed by atoms with E-state index in [0.717, 1.165) is 11.9 Å². The molecule has 6 rings (SSSR count). The number of nitrogens with zero attached hydrogens (tertiary/aromatic N) is 5. The summed E-state index contributed by atoms with van der Waals surface area (Å²) in [5, 5.41) is 9.93. The van der Waals surface area contributed by atoms with Gasteiger partial charge in [0.15, 0.2) is 15.4 Å². The molecule has 1 atom stereocenters. The summed E-state index contributed by atoms with van der Waals surface area (Å²) in [7, 11) is -8.79. The number of sulfone groups is 1. The molecule has 13 heteroatoms. The van der Waals surface area contributed by atoms with Crippen LogP contribution >= 0.6 is 0 Å². The molecular weight excluding hydrogens is 627 g/mol. The van der Waals surface area contributed by atoms with Gasteiger partial charge in [-0.2, -0.15) is 5.26 Å². The lowest BCUT2D eigenvalue weighted by Crippen LogP contribution is -2.60. The topological polar surface area (TPSA) is 141 Å². The molecule has 1 fully saturated rings. The van der Waals surface area contributed by atoms with Gasteiger partial charge in [0.2, 0.25) is 0 Å². The quantitative estimate of drug-likeness (QED) is 0.276. The first kappa shape index (κ1) is 31.2. The maximum atomic E-state index is 15.3. The summed E-state index contributed by atoms with van der Waals surface area (Å²) in [6, 6.07) is 22.6. The summed E-state index contributed by atoms with van der Waals surface area (Å²) in [6.45, 7) is 3.80. The zero-order valence-corrected chi connectivity index (χ0v) is 26.8. The van der Waals surface area contributed by atoms with Crippen LogP contribution < -0.4 is 13.9 Å². The fourth-order valence-electron chi connectivity index (χ4n) is 6.39. The zero-order valence-electron chi connectivity index (χ0n) is 25.2. The smallest absolute Gasteiger partial charge is 0.272 e. The monoisotopic (exact) mass is 657 g/mol. The van der Waals surface area contributed by atoms with Gasteiger partial charge in [-0.25, -0.2) is 21.1 Å². The molecule has 1 aromatic heterocycles. The number of benzene rings is 3. The van der Waals surface area contributed by atoms with E-state index in [1.54, 1.807) is 42.7 Å². The molecule has 0 saturated carbocycles. The van der Waals surface area contributed by atoms with E-state index in [1.807, 2.05) is 24.0 Å².